The number of benzene rings is 2. The molecule has 12 heteroatoms. The number of tetrazole rings is 1. The van der Waals surface area contributed by atoms with E-state index in [4.69, 9.17) is 14.2 Å². The Kier molecular flexibility index (Phi) is 7.08. The SMILES string of the molecule is COC(OC)[C@@]1(C)Oc2ccc([N+](=O)[O-])cc2[C@H](N(Cc2ccccc2)C(C)c2nn[nH]n2)[C@H]1O. The molecule has 0 spiro atoms. The molecule has 1 unspecified atom stereocenters. The normalized spacial score (nSPS) is 22.6. The lowest BCUT2D eigenvalue weighted by Gasteiger charge is -2.50. The number of aromatic nitrogens is 4. The Bertz CT molecular complexity index is 1140. The molecule has 0 fully saturated rings. The maximum atomic E-state index is 11.8. The Morgan fingerprint density at radius 1 is 1.26 bits per heavy atom. The molecule has 1 aromatic heterocycles. The summed E-state index contributed by atoms with van der Waals surface area (Å²) in [7, 11) is 2.92. The highest BCUT2D eigenvalue weighted by Gasteiger charge is 2.54. The second-order valence-corrected chi connectivity index (χ2v) is 8.56. The van der Waals surface area contributed by atoms with Crippen molar-refractivity contribution >= 4 is 5.69 Å². The number of nitrogens with zero attached hydrogens (tertiary/aromatic N) is 5. The molecule has 2 aromatic carbocycles. The van der Waals surface area contributed by atoms with Crippen LogP contribution in [0.4, 0.5) is 5.69 Å². The van der Waals surface area contributed by atoms with Gasteiger partial charge in [-0.05, 0) is 25.5 Å². The summed E-state index contributed by atoms with van der Waals surface area (Å²) in [4.78, 5) is 13.1. The zero-order valence-electron chi connectivity index (χ0n) is 19.9. The van der Waals surface area contributed by atoms with E-state index in [9.17, 15) is 15.2 Å². The minimum absolute atomic E-state index is 0.116. The van der Waals surface area contributed by atoms with Crippen molar-refractivity contribution in [3.05, 3.63) is 75.6 Å². The molecule has 2 heterocycles. The molecule has 35 heavy (non-hydrogen) atoms. The molecule has 12 nitrogen and oxygen atoms in total. The molecular formula is C23H28N6O6. The van der Waals surface area contributed by atoms with E-state index in [0.29, 0.717) is 23.7 Å². The van der Waals surface area contributed by atoms with Crippen LogP contribution in [-0.2, 0) is 16.0 Å². The van der Waals surface area contributed by atoms with Crippen molar-refractivity contribution in [2.75, 3.05) is 14.2 Å². The van der Waals surface area contributed by atoms with Crippen LogP contribution in [0.1, 0.15) is 42.9 Å². The highest BCUT2D eigenvalue weighted by atomic mass is 16.7. The van der Waals surface area contributed by atoms with Crippen LogP contribution in [0.15, 0.2) is 48.5 Å². The minimum Gasteiger partial charge on any atom is -0.479 e. The van der Waals surface area contributed by atoms with Crippen molar-refractivity contribution in [2.24, 2.45) is 0 Å². The smallest absolute Gasteiger partial charge is 0.270 e. The van der Waals surface area contributed by atoms with Gasteiger partial charge in [0, 0.05) is 38.5 Å². The first-order chi connectivity index (χ1) is 16.8. The Hall–Kier alpha value is -3.45. The van der Waals surface area contributed by atoms with Crippen LogP contribution in [0.25, 0.3) is 0 Å². The quantitative estimate of drug-likeness (QED) is 0.264. The van der Waals surface area contributed by atoms with Gasteiger partial charge in [0.2, 0.25) is 0 Å². The summed E-state index contributed by atoms with van der Waals surface area (Å²) in [6, 6.07) is 12.8. The summed E-state index contributed by atoms with van der Waals surface area (Å²) in [6.45, 7) is 3.95. The van der Waals surface area contributed by atoms with E-state index in [0.717, 1.165) is 5.56 Å². The van der Waals surface area contributed by atoms with E-state index in [1.807, 2.05) is 42.2 Å². The molecule has 0 saturated carbocycles. The highest BCUT2D eigenvalue weighted by molar-refractivity contribution is 5.48. The van der Waals surface area contributed by atoms with Gasteiger partial charge in [0.05, 0.1) is 17.0 Å². The number of nitro groups is 1. The monoisotopic (exact) mass is 484 g/mol. The second kappa shape index (κ2) is 10.0. The molecule has 4 rings (SSSR count). The summed E-state index contributed by atoms with van der Waals surface area (Å²) in [6.07, 6.45) is -2.15. The molecule has 3 aromatic rings. The summed E-state index contributed by atoms with van der Waals surface area (Å²) in [5, 5.41) is 37.9. The first-order valence-electron chi connectivity index (χ1n) is 11.0. The molecule has 0 saturated heterocycles. The van der Waals surface area contributed by atoms with Gasteiger partial charge < -0.3 is 19.3 Å². The number of aliphatic hydroxyl groups is 1. The van der Waals surface area contributed by atoms with E-state index in [1.165, 1.54) is 32.4 Å². The van der Waals surface area contributed by atoms with E-state index < -0.39 is 35.0 Å². The lowest BCUT2D eigenvalue weighted by molar-refractivity contribution is -0.385. The number of aromatic amines is 1. The van der Waals surface area contributed by atoms with Crippen molar-refractivity contribution in [1.29, 1.82) is 0 Å². The van der Waals surface area contributed by atoms with Crippen LogP contribution in [0.2, 0.25) is 0 Å². The van der Waals surface area contributed by atoms with Crippen LogP contribution in [-0.4, -0.2) is 67.8 Å². The largest absolute Gasteiger partial charge is 0.479 e. The number of rotatable bonds is 9. The van der Waals surface area contributed by atoms with Crippen LogP contribution in [0.5, 0.6) is 5.75 Å². The fraction of sp³-hybridized carbons (Fsp3) is 0.435. The summed E-state index contributed by atoms with van der Waals surface area (Å²) in [5.41, 5.74) is -0.0369. The summed E-state index contributed by atoms with van der Waals surface area (Å²) >= 11 is 0. The minimum atomic E-state index is -1.34. The average Bonchev–Trinajstić information content (AvgIpc) is 3.39. The standard InChI is InChI=1S/C23H28N6O6/c1-14(21-24-26-27-25-21)28(13-15-8-6-5-7-9-15)19-17-12-16(29(31)32)10-11-18(17)35-23(2,20(19)30)22(33-3)34-4/h5-12,14,19-20,22,30H,13H2,1-4H3,(H,24,25,26,27)/t14?,19-,20+,23-/m0/s1. The predicted molar refractivity (Wildman–Crippen MR) is 123 cm³/mol. The number of nitrogens with one attached hydrogen (secondary N) is 1. The van der Waals surface area contributed by atoms with Gasteiger partial charge in [0.1, 0.15) is 11.9 Å². The van der Waals surface area contributed by atoms with Gasteiger partial charge in [-0.1, -0.05) is 35.5 Å². The van der Waals surface area contributed by atoms with Gasteiger partial charge in [0.15, 0.2) is 17.7 Å². The van der Waals surface area contributed by atoms with Gasteiger partial charge >= 0.3 is 0 Å². The molecular weight excluding hydrogens is 456 g/mol. The van der Waals surface area contributed by atoms with E-state index in [-0.39, 0.29) is 5.69 Å². The Morgan fingerprint density at radius 2 is 1.97 bits per heavy atom. The van der Waals surface area contributed by atoms with Gasteiger partial charge in [-0.25, -0.2) is 0 Å². The maximum Gasteiger partial charge on any atom is 0.270 e. The first-order valence-corrected chi connectivity index (χ1v) is 11.0. The maximum absolute atomic E-state index is 11.8. The van der Waals surface area contributed by atoms with Crippen molar-refractivity contribution in [1.82, 2.24) is 25.5 Å². The van der Waals surface area contributed by atoms with Crippen molar-refractivity contribution in [3.63, 3.8) is 0 Å². The number of aliphatic hydroxyl groups excluding tert-OH is 1. The zero-order valence-corrected chi connectivity index (χ0v) is 19.9. The number of methoxy groups -OCH3 is 2. The number of nitro benzene ring substituents is 1. The van der Waals surface area contributed by atoms with E-state index in [1.54, 1.807) is 6.92 Å². The molecule has 0 radical (unpaired) electrons. The van der Waals surface area contributed by atoms with Gasteiger partial charge in [-0.2, -0.15) is 5.21 Å². The fourth-order valence-corrected chi connectivity index (χ4v) is 4.63. The van der Waals surface area contributed by atoms with Crippen molar-refractivity contribution in [3.8, 4) is 5.75 Å². The summed E-state index contributed by atoms with van der Waals surface area (Å²) in [5.74, 6) is 0.786. The lowest BCUT2D eigenvalue weighted by atomic mass is 9.82. The molecule has 1 aliphatic rings. The average molecular weight is 485 g/mol. The molecule has 0 bridgehead atoms. The number of H-pyrrole nitrogens is 1. The zero-order chi connectivity index (χ0) is 25.2. The third-order valence-corrected chi connectivity index (χ3v) is 6.43. The second-order valence-electron chi connectivity index (χ2n) is 8.56. The van der Waals surface area contributed by atoms with Crippen LogP contribution in [0, 0.1) is 10.1 Å². The van der Waals surface area contributed by atoms with E-state index >= 15 is 0 Å². The Labute approximate surface area is 202 Å². The third kappa shape index (κ3) is 4.60. The van der Waals surface area contributed by atoms with Crippen LogP contribution >= 0.6 is 0 Å². The number of ether oxygens (including phenoxy) is 3. The van der Waals surface area contributed by atoms with Crippen molar-refractivity contribution in [2.45, 2.75) is 50.5 Å². The molecule has 186 valence electrons. The predicted octanol–water partition coefficient (Wildman–Crippen LogP) is 2.54. The Morgan fingerprint density at radius 3 is 2.57 bits per heavy atom. The summed E-state index contributed by atoms with van der Waals surface area (Å²) < 4.78 is 17.2. The molecule has 4 atom stereocenters. The fourth-order valence-electron chi connectivity index (χ4n) is 4.63. The van der Waals surface area contributed by atoms with Gasteiger partial charge in [-0.15, -0.1) is 10.2 Å². The van der Waals surface area contributed by atoms with E-state index in [2.05, 4.69) is 20.6 Å². The third-order valence-electron chi connectivity index (χ3n) is 6.43. The number of fused-ring (bicyclic) bond motifs is 1. The number of hydrogen-bond acceptors (Lipinski definition) is 10. The first kappa shape index (κ1) is 24.7. The lowest BCUT2D eigenvalue weighted by Crippen LogP contribution is -2.62. The highest BCUT2D eigenvalue weighted by Crippen LogP contribution is 2.48. The molecule has 2 N–H and O–H groups in total. The molecule has 1 aliphatic heterocycles. The molecule has 0 aliphatic carbocycles. The van der Waals surface area contributed by atoms with Crippen LogP contribution in [0.3, 0.4) is 0 Å². The van der Waals surface area contributed by atoms with Crippen molar-refractivity contribution < 1.29 is 24.2 Å². The Balaban J connectivity index is 1.90. The number of hydrogen-bond donors (Lipinski definition) is 2. The topological polar surface area (TPSA) is 149 Å². The van der Waals surface area contributed by atoms with Gasteiger partial charge in [-0.3, -0.25) is 15.0 Å². The van der Waals surface area contributed by atoms with Gasteiger partial charge in [0.25, 0.3) is 5.69 Å². The van der Waals surface area contributed by atoms with Crippen LogP contribution < -0.4 is 4.74 Å². The number of non-ortho nitro benzene ring substituents is 1. The molecule has 0 amide bonds.